The fraction of sp³-hybridized carbons (Fsp3) is 0.0667. The van der Waals surface area contributed by atoms with Crippen LogP contribution in [-0.2, 0) is 14.8 Å². The Labute approximate surface area is 133 Å². The third-order valence-corrected chi connectivity index (χ3v) is 4.44. The van der Waals surface area contributed by atoms with Crippen LogP contribution in [0.1, 0.15) is 20.7 Å². The number of methoxy groups -OCH3 is 1. The van der Waals surface area contributed by atoms with E-state index in [0.717, 1.165) is 0 Å². The zero-order valence-electron chi connectivity index (χ0n) is 12.1. The third kappa shape index (κ3) is 3.67. The van der Waals surface area contributed by atoms with E-state index in [4.69, 9.17) is 5.73 Å². The molecule has 0 bridgehead atoms. The second kappa shape index (κ2) is 6.49. The van der Waals surface area contributed by atoms with Crippen LogP contribution >= 0.6 is 0 Å². The first-order valence-electron chi connectivity index (χ1n) is 6.45. The molecule has 2 aromatic rings. The molecule has 0 spiro atoms. The van der Waals surface area contributed by atoms with Crippen molar-refractivity contribution in [1.29, 1.82) is 0 Å². The number of carbonyl (C=O) groups is 2. The average Bonchev–Trinajstić information content (AvgIpc) is 2.54. The summed E-state index contributed by atoms with van der Waals surface area (Å²) in [6.07, 6.45) is 0. The van der Waals surface area contributed by atoms with Gasteiger partial charge >= 0.3 is 5.97 Å². The van der Waals surface area contributed by atoms with Gasteiger partial charge in [0.05, 0.1) is 12.7 Å². The highest BCUT2D eigenvalue weighted by Crippen LogP contribution is 2.20. The highest BCUT2D eigenvalue weighted by Gasteiger charge is 2.22. The minimum absolute atomic E-state index is 0.0729. The summed E-state index contributed by atoms with van der Waals surface area (Å²) in [5, 5.41) is 0. The molecule has 0 aliphatic carbocycles. The zero-order chi connectivity index (χ0) is 17.0. The number of primary amides is 1. The van der Waals surface area contributed by atoms with Gasteiger partial charge in [-0.25, -0.2) is 13.2 Å². The largest absolute Gasteiger partial charge is 0.465 e. The Bertz CT molecular complexity index is 844. The average molecular weight is 334 g/mol. The van der Waals surface area contributed by atoms with E-state index in [1.165, 1.54) is 55.6 Å². The normalized spacial score (nSPS) is 10.8. The Balaban J connectivity index is 2.36. The maximum absolute atomic E-state index is 12.5. The Hall–Kier alpha value is -2.87. The number of carbonyl (C=O) groups excluding carboxylic acids is 2. The van der Waals surface area contributed by atoms with E-state index >= 15 is 0 Å². The van der Waals surface area contributed by atoms with E-state index in [1.54, 1.807) is 0 Å². The van der Waals surface area contributed by atoms with Crippen LogP contribution in [-0.4, -0.2) is 27.4 Å². The first kappa shape index (κ1) is 16.5. The molecule has 0 radical (unpaired) electrons. The molecular formula is C15H14N2O5S. The van der Waals surface area contributed by atoms with E-state index in [2.05, 4.69) is 9.46 Å². The fourth-order valence-corrected chi connectivity index (χ4v) is 3.15. The highest BCUT2D eigenvalue weighted by molar-refractivity contribution is 7.92. The topological polar surface area (TPSA) is 116 Å². The quantitative estimate of drug-likeness (QED) is 0.801. The van der Waals surface area contributed by atoms with Crippen molar-refractivity contribution >= 4 is 27.6 Å². The number of rotatable bonds is 5. The number of nitrogens with two attached hydrogens (primary N) is 1. The summed E-state index contributed by atoms with van der Waals surface area (Å²) in [6.45, 7) is 0. The van der Waals surface area contributed by atoms with Crippen molar-refractivity contribution in [1.82, 2.24) is 0 Å². The van der Waals surface area contributed by atoms with E-state index < -0.39 is 21.9 Å². The molecule has 8 heteroatoms. The van der Waals surface area contributed by atoms with Crippen LogP contribution in [0.25, 0.3) is 0 Å². The van der Waals surface area contributed by atoms with Crippen LogP contribution in [0.15, 0.2) is 53.4 Å². The molecule has 7 nitrogen and oxygen atoms in total. The lowest BCUT2D eigenvalue weighted by Gasteiger charge is -2.11. The molecule has 3 N–H and O–H groups in total. The van der Waals surface area contributed by atoms with Crippen LogP contribution in [0.3, 0.4) is 0 Å². The smallest absolute Gasteiger partial charge is 0.339 e. The summed E-state index contributed by atoms with van der Waals surface area (Å²) in [5.74, 6) is -1.37. The van der Waals surface area contributed by atoms with E-state index in [-0.39, 0.29) is 21.7 Å². The number of sulfonamides is 1. The summed E-state index contributed by atoms with van der Waals surface area (Å²) < 4.78 is 31.8. The van der Waals surface area contributed by atoms with Gasteiger partial charge < -0.3 is 10.5 Å². The van der Waals surface area contributed by atoms with Crippen molar-refractivity contribution in [2.75, 3.05) is 11.8 Å². The van der Waals surface area contributed by atoms with E-state index in [9.17, 15) is 18.0 Å². The van der Waals surface area contributed by atoms with Gasteiger partial charge in [0.1, 0.15) is 4.90 Å². The van der Waals surface area contributed by atoms with Gasteiger partial charge in [0, 0.05) is 11.3 Å². The van der Waals surface area contributed by atoms with Crippen molar-refractivity contribution < 1.29 is 22.7 Å². The molecule has 0 saturated carbocycles. The van der Waals surface area contributed by atoms with Gasteiger partial charge in [-0.3, -0.25) is 9.52 Å². The molecule has 0 heterocycles. The van der Waals surface area contributed by atoms with Gasteiger partial charge in [-0.1, -0.05) is 12.1 Å². The molecule has 0 aromatic heterocycles. The highest BCUT2D eigenvalue weighted by atomic mass is 32.2. The standard InChI is InChI=1S/C15H14N2O5S/c1-22-15(19)12-4-2-3-5-13(12)23(20,21)17-11-8-6-10(7-9-11)14(16)18/h2-9,17H,1H3,(H2,16,18). The molecule has 23 heavy (non-hydrogen) atoms. The molecule has 1 amide bonds. The molecule has 0 aliphatic rings. The number of benzene rings is 2. The van der Waals surface area contributed by atoms with Gasteiger partial charge in [0.15, 0.2) is 0 Å². The van der Waals surface area contributed by atoms with Gasteiger partial charge in [0.25, 0.3) is 10.0 Å². The first-order chi connectivity index (χ1) is 10.8. The molecule has 2 rings (SSSR count). The maximum atomic E-state index is 12.5. The van der Waals surface area contributed by atoms with Crippen molar-refractivity contribution in [3.8, 4) is 0 Å². The predicted octanol–water partition coefficient (Wildman–Crippen LogP) is 1.37. The van der Waals surface area contributed by atoms with Gasteiger partial charge in [-0.15, -0.1) is 0 Å². The summed E-state index contributed by atoms with van der Waals surface area (Å²) >= 11 is 0. The minimum Gasteiger partial charge on any atom is -0.465 e. The van der Waals surface area contributed by atoms with Crippen LogP contribution in [0.4, 0.5) is 5.69 Å². The summed E-state index contributed by atoms with van der Waals surface area (Å²) in [5.41, 5.74) is 5.53. The summed E-state index contributed by atoms with van der Waals surface area (Å²) in [6, 6.07) is 11.3. The Morgan fingerprint density at radius 2 is 1.65 bits per heavy atom. The van der Waals surface area contributed by atoms with E-state index in [1.807, 2.05) is 0 Å². The van der Waals surface area contributed by atoms with Gasteiger partial charge in [-0.2, -0.15) is 0 Å². The van der Waals surface area contributed by atoms with Crippen molar-refractivity contribution in [3.05, 3.63) is 59.7 Å². The van der Waals surface area contributed by atoms with Crippen molar-refractivity contribution in [3.63, 3.8) is 0 Å². The lowest BCUT2D eigenvalue weighted by molar-refractivity contribution is 0.0596. The number of anilines is 1. The lowest BCUT2D eigenvalue weighted by Crippen LogP contribution is -2.17. The summed E-state index contributed by atoms with van der Waals surface area (Å²) in [4.78, 5) is 22.5. The maximum Gasteiger partial charge on any atom is 0.339 e. The molecule has 0 saturated heterocycles. The molecule has 0 fully saturated rings. The number of hydrogen-bond donors (Lipinski definition) is 2. The van der Waals surface area contributed by atoms with Crippen LogP contribution in [0.5, 0.6) is 0 Å². The van der Waals surface area contributed by atoms with E-state index in [0.29, 0.717) is 0 Å². The van der Waals surface area contributed by atoms with Gasteiger partial charge in [0.2, 0.25) is 5.91 Å². The molecule has 0 atom stereocenters. The van der Waals surface area contributed by atoms with Crippen molar-refractivity contribution in [2.24, 2.45) is 5.73 Å². The Kier molecular flexibility index (Phi) is 4.65. The minimum atomic E-state index is -4.00. The van der Waals surface area contributed by atoms with Crippen molar-refractivity contribution in [2.45, 2.75) is 4.90 Å². The second-order valence-electron chi connectivity index (χ2n) is 4.53. The van der Waals surface area contributed by atoms with Crippen LogP contribution < -0.4 is 10.5 Å². The number of amides is 1. The first-order valence-corrected chi connectivity index (χ1v) is 7.93. The number of nitrogens with one attached hydrogen (secondary N) is 1. The van der Waals surface area contributed by atoms with Crippen LogP contribution in [0.2, 0.25) is 0 Å². The SMILES string of the molecule is COC(=O)c1ccccc1S(=O)(=O)Nc1ccc(C(N)=O)cc1. The second-order valence-corrected chi connectivity index (χ2v) is 6.19. The Morgan fingerprint density at radius 3 is 2.22 bits per heavy atom. The number of hydrogen-bond acceptors (Lipinski definition) is 5. The molecular weight excluding hydrogens is 320 g/mol. The summed E-state index contributed by atoms with van der Waals surface area (Å²) in [7, 11) is -2.83. The van der Waals surface area contributed by atoms with Gasteiger partial charge in [-0.05, 0) is 36.4 Å². The van der Waals surface area contributed by atoms with Crippen LogP contribution in [0, 0.1) is 0 Å². The predicted molar refractivity (Wildman–Crippen MR) is 83.5 cm³/mol. The Morgan fingerprint density at radius 1 is 1.04 bits per heavy atom. The zero-order valence-corrected chi connectivity index (χ0v) is 13.0. The lowest BCUT2D eigenvalue weighted by atomic mass is 10.2. The number of ether oxygens (including phenoxy) is 1. The molecule has 0 unspecified atom stereocenters. The third-order valence-electron chi connectivity index (χ3n) is 3.00. The monoisotopic (exact) mass is 334 g/mol. The fourth-order valence-electron chi connectivity index (χ4n) is 1.89. The molecule has 0 aliphatic heterocycles. The molecule has 120 valence electrons. The molecule has 2 aromatic carbocycles. The number of esters is 1.